The first-order chi connectivity index (χ1) is 12.7. The van der Waals surface area contributed by atoms with Crippen molar-refractivity contribution in [2.24, 2.45) is 0 Å². The zero-order chi connectivity index (χ0) is 18.1. The van der Waals surface area contributed by atoms with E-state index in [1.54, 1.807) is 31.4 Å². The number of amides is 2. The minimum Gasteiger partial charge on any atom is -0.497 e. The fourth-order valence-corrected chi connectivity index (χ4v) is 3.51. The Labute approximate surface area is 152 Å². The lowest BCUT2D eigenvalue weighted by Gasteiger charge is -2.37. The van der Waals surface area contributed by atoms with Gasteiger partial charge in [-0.05, 0) is 36.4 Å². The molecule has 0 N–H and O–H groups in total. The van der Waals surface area contributed by atoms with Crippen LogP contribution in [-0.4, -0.2) is 61.6 Å². The average molecular weight is 351 g/mol. The highest BCUT2D eigenvalue weighted by molar-refractivity contribution is 6.21. The van der Waals surface area contributed by atoms with Crippen LogP contribution in [0.25, 0.3) is 0 Å². The van der Waals surface area contributed by atoms with E-state index in [2.05, 4.69) is 21.9 Å². The van der Waals surface area contributed by atoms with Gasteiger partial charge in [-0.2, -0.15) is 0 Å². The predicted molar refractivity (Wildman–Crippen MR) is 98.6 cm³/mol. The summed E-state index contributed by atoms with van der Waals surface area (Å²) in [5.41, 5.74) is 2.18. The molecule has 0 saturated carbocycles. The highest BCUT2D eigenvalue weighted by Gasteiger charge is 2.36. The molecule has 6 heteroatoms. The maximum Gasteiger partial charge on any atom is 0.262 e. The van der Waals surface area contributed by atoms with E-state index < -0.39 is 0 Å². The molecule has 0 bridgehead atoms. The number of piperazine rings is 1. The van der Waals surface area contributed by atoms with Crippen LogP contribution in [0.2, 0.25) is 0 Å². The van der Waals surface area contributed by atoms with Crippen molar-refractivity contribution in [3.05, 3.63) is 59.7 Å². The molecule has 0 aliphatic carbocycles. The Morgan fingerprint density at radius 2 is 1.42 bits per heavy atom. The number of anilines is 1. The molecular formula is C20H21N3O3. The van der Waals surface area contributed by atoms with Crippen LogP contribution in [-0.2, 0) is 0 Å². The van der Waals surface area contributed by atoms with E-state index in [9.17, 15) is 9.59 Å². The molecule has 134 valence electrons. The van der Waals surface area contributed by atoms with Crippen LogP contribution in [0.1, 0.15) is 20.7 Å². The van der Waals surface area contributed by atoms with Gasteiger partial charge in [0.15, 0.2) is 0 Å². The maximum atomic E-state index is 12.5. The lowest BCUT2D eigenvalue weighted by atomic mass is 10.1. The van der Waals surface area contributed by atoms with E-state index in [0.29, 0.717) is 17.8 Å². The molecule has 4 rings (SSSR count). The van der Waals surface area contributed by atoms with Crippen molar-refractivity contribution in [1.82, 2.24) is 9.80 Å². The van der Waals surface area contributed by atoms with Crippen LogP contribution in [0.3, 0.4) is 0 Å². The Morgan fingerprint density at radius 1 is 0.846 bits per heavy atom. The van der Waals surface area contributed by atoms with Gasteiger partial charge in [0, 0.05) is 31.9 Å². The van der Waals surface area contributed by atoms with E-state index >= 15 is 0 Å². The Bertz CT molecular complexity index is 791. The van der Waals surface area contributed by atoms with Crippen molar-refractivity contribution in [2.45, 2.75) is 0 Å². The molecule has 2 aliphatic heterocycles. The van der Waals surface area contributed by atoms with Gasteiger partial charge in [-0.3, -0.25) is 19.4 Å². The number of benzene rings is 2. The number of nitrogens with zero attached hydrogens (tertiary/aromatic N) is 3. The Morgan fingerprint density at radius 3 is 1.96 bits per heavy atom. The quantitative estimate of drug-likeness (QED) is 0.790. The van der Waals surface area contributed by atoms with Gasteiger partial charge in [-0.1, -0.05) is 12.1 Å². The average Bonchev–Trinajstić information content (AvgIpc) is 2.94. The fraction of sp³-hybridized carbons (Fsp3) is 0.300. The molecule has 0 atom stereocenters. The number of methoxy groups -OCH3 is 1. The SMILES string of the molecule is COc1ccc(N2CCN(CN3C(=O)c4ccccc4C3=O)CC2)cc1. The number of hydrogen-bond donors (Lipinski definition) is 0. The first kappa shape index (κ1) is 16.6. The summed E-state index contributed by atoms with van der Waals surface area (Å²) in [5.74, 6) is 0.462. The van der Waals surface area contributed by atoms with Crippen molar-refractivity contribution in [2.75, 3.05) is 44.9 Å². The standard InChI is InChI=1S/C20H21N3O3/c1-26-16-8-6-15(7-9-16)22-12-10-21(11-13-22)14-23-19(24)17-4-2-3-5-18(17)20(23)25/h2-9H,10-14H2,1H3. The highest BCUT2D eigenvalue weighted by atomic mass is 16.5. The summed E-state index contributed by atoms with van der Waals surface area (Å²) in [5, 5.41) is 0. The number of ether oxygens (including phenoxy) is 1. The monoisotopic (exact) mass is 351 g/mol. The molecule has 2 aromatic rings. The van der Waals surface area contributed by atoms with E-state index in [0.717, 1.165) is 37.6 Å². The molecule has 0 radical (unpaired) electrons. The minimum atomic E-state index is -0.191. The summed E-state index contributed by atoms with van der Waals surface area (Å²) < 4.78 is 5.20. The number of rotatable bonds is 4. The van der Waals surface area contributed by atoms with Gasteiger partial charge >= 0.3 is 0 Å². The summed E-state index contributed by atoms with van der Waals surface area (Å²) in [4.78, 5) is 30.8. The van der Waals surface area contributed by atoms with Crippen LogP contribution < -0.4 is 9.64 Å². The van der Waals surface area contributed by atoms with E-state index in [4.69, 9.17) is 4.74 Å². The maximum absolute atomic E-state index is 12.5. The third kappa shape index (κ3) is 2.93. The van der Waals surface area contributed by atoms with Crippen LogP contribution >= 0.6 is 0 Å². The lowest BCUT2D eigenvalue weighted by molar-refractivity contribution is 0.0535. The van der Waals surface area contributed by atoms with Gasteiger partial charge in [0.2, 0.25) is 0 Å². The Balaban J connectivity index is 1.37. The molecule has 2 amide bonds. The summed E-state index contributed by atoms with van der Waals surface area (Å²) >= 11 is 0. The molecule has 1 saturated heterocycles. The van der Waals surface area contributed by atoms with Gasteiger partial charge in [0.1, 0.15) is 5.75 Å². The summed E-state index contributed by atoms with van der Waals surface area (Å²) in [6, 6.07) is 15.1. The highest BCUT2D eigenvalue weighted by Crippen LogP contribution is 2.24. The van der Waals surface area contributed by atoms with E-state index in [1.165, 1.54) is 4.90 Å². The van der Waals surface area contributed by atoms with Crippen molar-refractivity contribution < 1.29 is 14.3 Å². The lowest BCUT2D eigenvalue weighted by Crippen LogP contribution is -2.51. The third-order valence-electron chi connectivity index (χ3n) is 5.03. The van der Waals surface area contributed by atoms with Crippen molar-refractivity contribution in [3.63, 3.8) is 0 Å². The summed E-state index contributed by atoms with van der Waals surface area (Å²) in [6.45, 7) is 3.67. The predicted octanol–water partition coefficient (Wildman–Crippen LogP) is 2.07. The first-order valence-corrected chi connectivity index (χ1v) is 8.74. The second kappa shape index (κ2) is 6.80. The smallest absolute Gasteiger partial charge is 0.262 e. The van der Waals surface area contributed by atoms with Crippen LogP contribution in [0.4, 0.5) is 5.69 Å². The Kier molecular flexibility index (Phi) is 4.34. The van der Waals surface area contributed by atoms with E-state index in [-0.39, 0.29) is 11.8 Å². The fourth-order valence-electron chi connectivity index (χ4n) is 3.51. The van der Waals surface area contributed by atoms with Crippen molar-refractivity contribution in [1.29, 1.82) is 0 Å². The number of imide groups is 1. The third-order valence-corrected chi connectivity index (χ3v) is 5.03. The van der Waals surface area contributed by atoms with Crippen LogP contribution in [0, 0.1) is 0 Å². The number of fused-ring (bicyclic) bond motifs is 1. The molecule has 0 aromatic heterocycles. The molecule has 0 unspecified atom stereocenters. The number of hydrogen-bond acceptors (Lipinski definition) is 5. The molecule has 1 fully saturated rings. The van der Waals surface area contributed by atoms with Crippen LogP contribution in [0.5, 0.6) is 5.75 Å². The van der Waals surface area contributed by atoms with Gasteiger partial charge in [0.05, 0.1) is 24.9 Å². The molecule has 2 heterocycles. The van der Waals surface area contributed by atoms with Crippen LogP contribution in [0.15, 0.2) is 48.5 Å². The second-order valence-electron chi connectivity index (χ2n) is 6.53. The minimum absolute atomic E-state index is 0.191. The van der Waals surface area contributed by atoms with Gasteiger partial charge in [-0.25, -0.2) is 0 Å². The topological polar surface area (TPSA) is 53.1 Å². The Hall–Kier alpha value is -2.86. The zero-order valence-electron chi connectivity index (χ0n) is 14.7. The van der Waals surface area contributed by atoms with Crippen molar-refractivity contribution in [3.8, 4) is 5.75 Å². The van der Waals surface area contributed by atoms with E-state index in [1.807, 2.05) is 12.1 Å². The zero-order valence-corrected chi connectivity index (χ0v) is 14.7. The second-order valence-corrected chi connectivity index (χ2v) is 6.53. The summed E-state index contributed by atoms with van der Waals surface area (Å²) in [7, 11) is 1.66. The van der Waals surface area contributed by atoms with Gasteiger partial charge in [0.25, 0.3) is 11.8 Å². The molecule has 2 aliphatic rings. The van der Waals surface area contributed by atoms with Gasteiger partial charge < -0.3 is 9.64 Å². The van der Waals surface area contributed by atoms with Gasteiger partial charge in [-0.15, -0.1) is 0 Å². The molecule has 26 heavy (non-hydrogen) atoms. The molecule has 0 spiro atoms. The van der Waals surface area contributed by atoms with Crippen molar-refractivity contribution >= 4 is 17.5 Å². The molecule has 2 aromatic carbocycles. The molecular weight excluding hydrogens is 330 g/mol. The first-order valence-electron chi connectivity index (χ1n) is 8.74. The number of carbonyl (C=O) groups excluding carboxylic acids is 2. The molecule has 6 nitrogen and oxygen atoms in total. The number of carbonyl (C=O) groups is 2. The largest absolute Gasteiger partial charge is 0.497 e. The summed E-state index contributed by atoms with van der Waals surface area (Å²) in [6.07, 6.45) is 0. The normalized spacial score (nSPS) is 17.6.